The third-order valence-corrected chi connectivity index (χ3v) is 3.02. The lowest BCUT2D eigenvalue weighted by molar-refractivity contribution is 0.255. The van der Waals surface area contributed by atoms with Crippen molar-refractivity contribution in [3.05, 3.63) is 29.3 Å². The molecule has 3 nitrogen and oxygen atoms in total. The summed E-state index contributed by atoms with van der Waals surface area (Å²) >= 11 is 0. The number of benzene rings is 1. The van der Waals surface area contributed by atoms with E-state index in [0.717, 1.165) is 12.8 Å². The predicted molar refractivity (Wildman–Crippen MR) is 69.7 cm³/mol. The lowest BCUT2D eigenvalue weighted by atomic mass is 10.00. The minimum Gasteiger partial charge on any atom is -0.396 e. The quantitative estimate of drug-likeness (QED) is 0.799. The van der Waals surface area contributed by atoms with Gasteiger partial charge in [-0.25, -0.2) is 8.78 Å². The van der Waals surface area contributed by atoms with Crippen molar-refractivity contribution in [2.45, 2.75) is 26.2 Å². The van der Waals surface area contributed by atoms with Gasteiger partial charge >= 0.3 is 0 Å². The lowest BCUT2D eigenvalue weighted by Gasteiger charge is -2.17. The average Bonchev–Trinajstić information content (AvgIpc) is 2.41. The molecule has 0 aliphatic heterocycles. The highest BCUT2D eigenvalue weighted by Crippen LogP contribution is 2.21. The standard InChI is InChI=1S/C14H18F2N2O/c1-2-3-10(6-7-19)9-18-12-5-4-11(8-17)13(15)14(12)16/h4-5,10,18-19H,2-3,6-7,9H2,1H3. The first-order valence-electron chi connectivity index (χ1n) is 6.36. The van der Waals surface area contributed by atoms with Gasteiger partial charge < -0.3 is 10.4 Å². The van der Waals surface area contributed by atoms with E-state index in [1.807, 2.05) is 6.92 Å². The Labute approximate surface area is 111 Å². The molecule has 0 aromatic heterocycles. The summed E-state index contributed by atoms with van der Waals surface area (Å²) in [5.41, 5.74) is -0.251. The number of nitrogens with one attached hydrogen (secondary N) is 1. The molecule has 0 saturated carbocycles. The fourth-order valence-electron chi connectivity index (χ4n) is 1.97. The minimum atomic E-state index is -1.12. The molecule has 1 rings (SSSR count). The highest BCUT2D eigenvalue weighted by molar-refractivity contribution is 5.49. The van der Waals surface area contributed by atoms with Crippen LogP contribution in [0.25, 0.3) is 0 Å². The Morgan fingerprint density at radius 1 is 1.32 bits per heavy atom. The molecule has 1 unspecified atom stereocenters. The van der Waals surface area contributed by atoms with Crippen molar-refractivity contribution in [2.75, 3.05) is 18.5 Å². The van der Waals surface area contributed by atoms with Gasteiger partial charge in [0.2, 0.25) is 0 Å². The number of nitriles is 1. The number of nitrogens with zero attached hydrogens (tertiary/aromatic N) is 1. The van der Waals surface area contributed by atoms with Gasteiger partial charge in [0.15, 0.2) is 11.6 Å². The maximum absolute atomic E-state index is 13.6. The fraction of sp³-hybridized carbons (Fsp3) is 0.500. The maximum Gasteiger partial charge on any atom is 0.183 e. The summed E-state index contributed by atoms with van der Waals surface area (Å²) < 4.78 is 27.0. The van der Waals surface area contributed by atoms with Crippen LogP contribution in [-0.4, -0.2) is 18.3 Å². The van der Waals surface area contributed by atoms with Gasteiger partial charge in [-0.15, -0.1) is 0 Å². The number of hydrogen-bond donors (Lipinski definition) is 2. The van der Waals surface area contributed by atoms with Crippen LogP contribution in [0.1, 0.15) is 31.7 Å². The smallest absolute Gasteiger partial charge is 0.183 e. The highest BCUT2D eigenvalue weighted by Gasteiger charge is 2.14. The summed E-state index contributed by atoms with van der Waals surface area (Å²) in [5, 5.41) is 20.4. The Hall–Kier alpha value is -1.67. The van der Waals surface area contributed by atoms with Crippen LogP contribution in [0, 0.1) is 28.9 Å². The molecule has 0 bridgehead atoms. The van der Waals surface area contributed by atoms with Gasteiger partial charge in [0.1, 0.15) is 6.07 Å². The number of halogens is 2. The predicted octanol–water partition coefficient (Wildman–Crippen LogP) is 3.05. The molecule has 0 aliphatic rings. The van der Waals surface area contributed by atoms with Gasteiger partial charge in [-0.3, -0.25) is 0 Å². The average molecular weight is 268 g/mol. The molecule has 0 radical (unpaired) electrons. The van der Waals surface area contributed by atoms with Crippen molar-refractivity contribution < 1.29 is 13.9 Å². The van der Waals surface area contributed by atoms with Crippen molar-refractivity contribution >= 4 is 5.69 Å². The summed E-state index contributed by atoms with van der Waals surface area (Å²) in [6, 6.07) is 4.20. The van der Waals surface area contributed by atoms with Gasteiger partial charge in [-0.2, -0.15) is 5.26 Å². The van der Waals surface area contributed by atoms with E-state index < -0.39 is 11.6 Å². The number of anilines is 1. The van der Waals surface area contributed by atoms with Gasteiger partial charge in [0, 0.05) is 13.2 Å². The molecule has 104 valence electrons. The normalized spacial score (nSPS) is 11.9. The SMILES string of the molecule is CCCC(CCO)CNc1ccc(C#N)c(F)c1F. The van der Waals surface area contributed by atoms with E-state index in [0.29, 0.717) is 13.0 Å². The second-order valence-corrected chi connectivity index (χ2v) is 4.45. The second kappa shape index (κ2) is 7.70. The van der Waals surface area contributed by atoms with Gasteiger partial charge in [-0.05, 0) is 30.9 Å². The van der Waals surface area contributed by atoms with Crippen molar-refractivity contribution in [1.29, 1.82) is 5.26 Å². The van der Waals surface area contributed by atoms with Gasteiger partial charge in [-0.1, -0.05) is 13.3 Å². The minimum absolute atomic E-state index is 0.0514. The Morgan fingerprint density at radius 2 is 2.05 bits per heavy atom. The molecule has 2 N–H and O–H groups in total. The molecule has 1 aromatic rings. The molecule has 1 atom stereocenters. The zero-order valence-electron chi connectivity index (χ0n) is 10.9. The molecule has 0 heterocycles. The summed E-state index contributed by atoms with van der Waals surface area (Å²) in [4.78, 5) is 0. The van der Waals surface area contributed by atoms with Gasteiger partial charge in [0.05, 0.1) is 11.3 Å². The van der Waals surface area contributed by atoms with Crippen molar-refractivity contribution in [3.8, 4) is 6.07 Å². The summed E-state index contributed by atoms with van der Waals surface area (Å²) in [6.45, 7) is 2.58. The van der Waals surface area contributed by atoms with E-state index >= 15 is 0 Å². The summed E-state index contributed by atoms with van der Waals surface area (Å²) in [6.07, 6.45) is 2.51. The van der Waals surface area contributed by atoms with E-state index in [1.165, 1.54) is 12.1 Å². The number of aliphatic hydroxyl groups is 1. The van der Waals surface area contributed by atoms with Crippen molar-refractivity contribution in [1.82, 2.24) is 0 Å². The molecule has 5 heteroatoms. The van der Waals surface area contributed by atoms with Gasteiger partial charge in [0.25, 0.3) is 0 Å². The van der Waals surface area contributed by atoms with Crippen LogP contribution in [0.5, 0.6) is 0 Å². The van der Waals surface area contributed by atoms with Crippen LogP contribution in [-0.2, 0) is 0 Å². The fourth-order valence-corrected chi connectivity index (χ4v) is 1.97. The third kappa shape index (κ3) is 4.18. The first kappa shape index (κ1) is 15.4. The van der Waals surface area contributed by atoms with E-state index in [1.54, 1.807) is 6.07 Å². The Balaban J connectivity index is 2.72. The van der Waals surface area contributed by atoms with Crippen LogP contribution < -0.4 is 5.32 Å². The zero-order valence-corrected chi connectivity index (χ0v) is 10.9. The zero-order chi connectivity index (χ0) is 14.3. The van der Waals surface area contributed by atoms with Crippen molar-refractivity contribution in [3.63, 3.8) is 0 Å². The molecule has 1 aromatic carbocycles. The van der Waals surface area contributed by atoms with Crippen LogP contribution in [0.4, 0.5) is 14.5 Å². The van der Waals surface area contributed by atoms with E-state index in [-0.39, 0.29) is 23.8 Å². The Bertz CT molecular complexity index is 451. The molecule has 0 aliphatic carbocycles. The van der Waals surface area contributed by atoms with Crippen LogP contribution in [0.15, 0.2) is 12.1 Å². The summed E-state index contributed by atoms with van der Waals surface area (Å²) in [5.74, 6) is -1.94. The molecule has 19 heavy (non-hydrogen) atoms. The Kier molecular flexibility index (Phi) is 6.23. The Morgan fingerprint density at radius 3 is 2.63 bits per heavy atom. The molecular formula is C14H18F2N2O. The molecular weight excluding hydrogens is 250 g/mol. The maximum atomic E-state index is 13.6. The van der Waals surface area contributed by atoms with Crippen LogP contribution >= 0.6 is 0 Å². The monoisotopic (exact) mass is 268 g/mol. The number of rotatable bonds is 7. The second-order valence-electron chi connectivity index (χ2n) is 4.45. The largest absolute Gasteiger partial charge is 0.396 e. The number of aliphatic hydroxyl groups excluding tert-OH is 1. The van der Waals surface area contributed by atoms with E-state index in [4.69, 9.17) is 10.4 Å². The van der Waals surface area contributed by atoms with E-state index in [2.05, 4.69) is 5.32 Å². The topological polar surface area (TPSA) is 56.0 Å². The first-order valence-corrected chi connectivity index (χ1v) is 6.36. The molecule has 0 fully saturated rings. The first-order chi connectivity index (χ1) is 9.13. The highest BCUT2D eigenvalue weighted by atomic mass is 19.2. The molecule has 0 saturated heterocycles. The lowest BCUT2D eigenvalue weighted by Crippen LogP contribution is -2.16. The van der Waals surface area contributed by atoms with Crippen LogP contribution in [0.2, 0.25) is 0 Å². The molecule has 0 amide bonds. The molecule has 0 spiro atoms. The third-order valence-electron chi connectivity index (χ3n) is 3.02. The van der Waals surface area contributed by atoms with Crippen LogP contribution in [0.3, 0.4) is 0 Å². The number of hydrogen-bond acceptors (Lipinski definition) is 3. The van der Waals surface area contributed by atoms with E-state index in [9.17, 15) is 8.78 Å². The summed E-state index contributed by atoms with van der Waals surface area (Å²) in [7, 11) is 0. The van der Waals surface area contributed by atoms with Crippen molar-refractivity contribution in [2.24, 2.45) is 5.92 Å².